The molecule has 0 spiro atoms. The number of hydrogen-bond donors (Lipinski definition) is 0. The van der Waals surface area contributed by atoms with E-state index < -0.39 is 0 Å². The zero-order valence-electron chi connectivity index (χ0n) is 14.9. The van der Waals surface area contributed by atoms with E-state index in [2.05, 4.69) is 29.0 Å². The standard InChI is InChI=1S/C22H15N5S/c23-12-16-6-8-18(9-7-16)21-20(17-4-2-1-3-5-17)24-15-27(21)14-19-13-26-10-11-28-22(26)25-19/h1-11,13,15H,14H2. The third kappa shape index (κ3) is 2.88. The lowest BCUT2D eigenvalue weighted by atomic mass is 10.0. The summed E-state index contributed by atoms with van der Waals surface area (Å²) in [4.78, 5) is 10.4. The van der Waals surface area contributed by atoms with Crippen LogP contribution in [0.1, 0.15) is 11.3 Å². The van der Waals surface area contributed by atoms with Gasteiger partial charge in [-0.05, 0) is 12.1 Å². The van der Waals surface area contributed by atoms with Crippen molar-refractivity contribution >= 4 is 16.3 Å². The predicted molar refractivity (Wildman–Crippen MR) is 110 cm³/mol. The van der Waals surface area contributed by atoms with Gasteiger partial charge in [-0.25, -0.2) is 9.97 Å². The highest BCUT2D eigenvalue weighted by molar-refractivity contribution is 7.15. The van der Waals surface area contributed by atoms with Gasteiger partial charge in [0.2, 0.25) is 0 Å². The maximum Gasteiger partial charge on any atom is 0.193 e. The van der Waals surface area contributed by atoms with Crippen LogP contribution < -0.4 is 0 Å². The fourth-order valence-electron chi connectivity index (χ4n) is 3.34. The first kappa shape index (κ1) is 16.5. The van der Waals surface area contributed by atoms with Crippen LogP contribution in [0.15, 0.2) is 78.7 Å². The normalized spacial score (nSPS) is 11.0. The molecule has 0 saturated heterocycles. The second-order valence-electron chi connectivity index (χ2n) is 6.45. The number of fused-ring (bicyclic) bond motifs is 1. The summed E-state index contributed by atoms with van der Waals surface area (Å²) < 4.78 is 4.16. The van der Waals surface area contributed by atoms with Gasteiger partial charge >= 0.3 is 0 Å². The number of hydrogen-bond acceptors (Lipinski definition) is 4. The quantitative estimate of drug-likeness (QED) is 0.447. The Morgan fingerprint density at radius 2 is 1.82 bits per heavy atom. The molecule has 3 heterocycles. The first-order chi connectivity index (χ1) is 13.8. The smallest absolute Gasteiger partial charge is 0.193 e. The summed E-state index contributed by atoms with van der Waals surface area (Å²) in [6.07, 6.45) is 5.93. The van der Waals surface area contributed by atoms with E-state index in [0.717, 1.165) is 33.2 Å². The van der Waals surface area contributed by atoms with Crippen LogP contribution in [-0.4, -0.2) is 18.9 Å². The molecule has 6 heteroatoms. The molecule has 3 aromatic heterocycles. The first-order valence-electron chi connectivity index (χ1n) is 8.84. The van der Waals surface area contributed by atoms with Crippen molar-refractivity contribution in [2.75, 3.05) is 0 Å². The molecule has 5 nitrogen and oxygen atoms in total. The lowest BCUT2D eigenvalue weighted by Gasteiger charge is -2.10. The molecule has 0 aliphatic carbocycles. The van der Waals surface area contributed by atoms with Crippen LogP contribution in [0, 0.1) is 11.3 Å². The van der Waals surface area contributed by atoms with Crippen molar-refractivity contribution in [1.29, 1.82) is 5.26 Å². The molecule has 5 rings (SSSR count). The third-order valence-corrected chi connectivity index (χ3v) is 5.42. The van der Waals surface area contributed by atoms with E-state index in [1.165, 1.54) is 0 Å². The second kappa shape index (κ2) is 6.80. The lowest BCUT2D eigenvalue weighted by molar-refractivity contribution is 0.786. The Bertz CT molecular complexity index is 1260. The van der Waals surface area contributed by atoms with E-state index in [1.54, 1.807) is 11.3 Å². The maximum absolute atomic E-state index is 9.11. The van der Waals surface area contributed by atoms with Crippen LogP contribution in [-0.2, 0) is 6.54 Å². The van der Waals surface area contributed by atoms with Gasteiger partial charge in [0.25, 0.3) is 0 Å². The van der Waals surface area contributed by atoms with E-state index in [0.29, 0.717) is 12.1 Å². The van der Waals surface area contributed by atoms with Crippen LogP contribution in [0.4, 0.5) is 0 Å². The zero-order valence-corrected chi connectivity index (χ0v) is 15.7. The molecule has 2 aromatic carbocycles. The van der Waals surface area contributed by atoms with Gasteiger partial charge in [0, 0.05) is 28.9 Å². The molecule has 28 heavy (non-hydrogen) atoms. The van der Waals surface area contributed by atoms with Gasteiger partial charge in [-0.15, -0.1) is 11.3 Å². The summed E-state index contributed by atoms with van der Waals surface area (Å²) in [6, 6.07) is 20.0. The summed E-state index contributed by atoms with van der Waals surface area (Å²) >= 11 is 1.62. The molecule has 0 N–H and O–H groups in total. The van der Waals surface area contributed by atoms with E-state index in [9.17, 15) is 0 Å². The van der Waals surface area contributed by atoms with Gasteiger partial charge in [-0.1, -0.05) is 42.5 Å². The number of thiazole rings is 1. The average Bonchev–Trinajstić information content (AvgIpc) is 3.44. The summed E-state index contributed by atoms with van der Waals surface area (Å²) in [7, 11) is 0. The van der Waals surface area contributed by atoms with Crippen LogP contribution in [0.25, 0.3) is 27.5 Å². The van der Waals surface area contributed by atoms with Gasteiger partial charge in [-0.2, -0.15) is 5.26 Å². The first-order valence-corrected chi connectivity index (χ1v) is 9.72. The topological polar surface area (TPSA) is 58.9 Å². The predicted octanol–water partition coefficient (Wildman–Crippen LogP) is 4.85. The SMILES string of the molecule is N#Cc1ccc(-c2c(-c3ccccc3)ncn2Cc2cn3ccsc3n2)cc1. The maximum atomic E-state index is 9.11. The van der Waals surface area contributed by atoms with Crippen molar-refractivity contribution in [3.05, 3.63) is 90.0 Å². The Morgan fingerprint density at radius 3 is 2.57 bits per heavy atom. The van der Waals surface area contributed by atoms with Gasteiger partial charge in [0.1, 0.15) is 0 Å². The van der Waals surface area contributed by atoms with Crippen LogP contribution in [0.3, 0.4) is 0 Å². The Kier molecular flexibility index (Phi) is 4.00. The average molecular weight is 381 g/mol. The molecule has 0 fully saturated rings. The highest BCUT2D eigenvalue weighted by atomic mass is 32.1. The number of aromatic nitrogens is 4. The molecule has 5 aromatic rings. The Hall–Kier alpha value is -3.69. The van der Waals surface area contributed by atoms with Crippen molar-refractivity contribution in [1.82, 2.24) is 18.9 Å². The number of rotatable bonds is 4. The van der Waals surface area contributed by atoms with Gasteiger partial charge in [-0.3, -0.25) is 4.40 Å². The summed E-state index contributed by atoms with van der Waals surface area (Å²) in [6.45, 7) is 0.629. The molecule has 0 amide bonds. The largest absolute Gasteiger partial charge is 0.324 e. The minimum absolute atomic E-state index is 0.629. The molecule has 0 aliphatic rings. The van der Waals surface area contributed by atoms with E-state index in [4.69, 9.17) is 15.2 Å². The van der Waals surface area contributed by atoms with E-state index >= 15 is 0 Å². The van der Waals surface area contributed by atoms with Gasteiger partial charge in [0.15, 0.2) is 4.96 Å². The Morgan fingerprint density at radius 1 is 1.00 bits per heavy atom. The van der Waals surface area contributed by atoms with Crippen molar-refractivity contribution < 1.29 is 0 Å². The Labute approximate surface area is 165 Å². The molecule has 134 valence electrons. The van der Waals surface area contributed by atoms with Gasteiger partial charge in [0.05, 0.1) is 41.6 Å². The minimum Gasteiger partial charge on any atom is -0.324 e. The van der Waals surface area contributed by atoms with Crippen molar-refractivity contribution in [3.63, 3.8) is 0 Å². The fraction of sp³-hybridized carbons (Fsp3) is 0.0455. The number of benzene rings is 2. The van der Waals surface area contributed by atoms with E-state index in [1.807, 2.05) is 64.8 Å². The molecular weight excluding hydrogens is 366 g/mol. The van der Waals surface area contributed by atoms with E-state index in [-0.39, 0.29) is 0 Å². The number of nitriles is 1. The molecule has 0 saturated carbocycles. The molecule has 0 atom stereocenters. The van der Waals surface area contributed by atoms with Crippen molar-refractivity contribution in [3.8, 4) is 28.6 Å². The summed E-state index contributed by atoms with van der Waals surface area (Å²) in [5, 5.41) is 11.1. The molecule has 0 radical (unpaired) electrons. The van der Waals surface area contributed by atoms with Crippen LogP contribution in [0.2, 0.25) is 0 Å². The molecule has 0 unspecified atom stereocenters. The second-order valence-corrected chi connectivity index (χ2v) is 7.32. The Balaban J connectivity index is 1.62. The number of imidazole rings is 2. The lowest BCUT2D eigenvalue weighted by Crippen LogP contribution is -2.01. The highest BCUT2D eigenvalue weighted by Crippen LogP contribution is 2.32. The van der Waals surface area contributed by atoms with Crippen molar-refractivity contribution in [2.24, 2.45) is 0 Å². The van der Waals surface area contributed by atoms with Crippen LogP contribution in [0.5, 0.6) is 0 Å². The fourth-order valence-corrected chi connectivity index (χ4v) is 4.06. The minimum atomic E-state index is 0.629. The molecular formula is C22H15N5S. The highest BCUT2D eigenvalue weighted by Gasteiger charge is 2.16. The molecule has 0 bridgehead atoms. The van der Waals surface area contributed by atoms with Crippen molar-refractivity contribution in [2.45, 2.75) is 6.54 Å². The summed E-state index contributed by atoms with van der Waals surface area (Å²) in [5.41, 5.74) is 5.66. The number of nitrogens with zero attached hydrogens (tertiary/aromatic N) is 5. The third-order valence-electron chi connectivity index (χ3n) is 4.65. The van der Waals surface area contributed by atoms with Gasteiger partial charge < -0.3 is 4.57 Å². The van der Waals surface area contributed by atoms with Crippen LogP contribution >= 0.6 is 11.3 Å². The monoisotopic (exact) mass is 381 g/mol. The molecule has 0 aliphatic heterocycles. The zero-order chi connectivity index (χ0) is 18.9. The summed E-state index contributed by atoms with van der Waals surface area (Å²) in [5.74, 6) is 0.